The van der Waals surface area contributed by atoms with Crippen molar-refractivity contribution in [2.75, 3.05) is 40.3 Å². The van der Waals surface area contributed by atoms with E-state index in [2.05, 4.69) is 61.2 Å². The van der Waals surface area contributed by atoms with E-state index in [4.69, 9.17) is 14.8 Å². The zero-order valence-corrected chi connectivity index (χ0v) is 25.8. The van der Waals surface area contributed by atoms with Crippen molar-refractivity contribution in [2.45, 2.75) is 66.0 Å². The molecule has 1 saturated heterocycles. The Morgan fingerprint density at radius 2 is 1.83 bits per heavy atom. The van der Waals surface area contributed by atoms with Crippen molar-refractivity contribution < 1.29 is 14.3 Å². The van der Waals surface area contributed by atoms with Crippen LogP contribution in [0.25, 0.3) is 11.7 Å². The molecule has 9 heteroatoms. The van der Waals surface area contributed by atoms with E-state index in [0.29, 0.717) is 26.2 Å². The molecule has 9 nitrogen and oxygen atoms in total. The maximum Gasteiger partial charge on any atom is 0.411 e. The lowest BCUT2D eigenvalue weighted by Gasteiger charge is -2.41. The highest BCUT2D eigenvalue weighted by Gasteiger charge is 2.38. The van der Waals surface area contributed by atoms with Crippen LogP contribution >= 0.6 is 0 Å². The van der Waals surface area contributed by atoms with Crippen LogP contribution in [-0.2, 0) is 22.4 Å². The standard InChI is InChI=1S/C32H44N6O3/c1-9-27-26(29-33-22(2)19-23(3)38(29)34-27)20-25-14-12-24(13-15-25)11-10-16-36-17-18-37(31(40)41-32(4,5)6)28(21-36)30(39)35(7)8/h10-15,19,28H,9,16-18,20-21H2,1-8H3/b11-10+/t28-/m1/s1. The number of benzene rings is 1. The van der Waals surface area contributed by atoms with Crippen LogP contribution in [0.4, 0.5) is 4.79 Å². The van der Waals surface area contributed by atoms with Crippen LogP contribution in [0.1, 0.15) is 61.5 Å². The molecule has 41 heavy (non-hydrogen) atoms. The fraction of sp³-hybridized carbons (Fsp3) is 0.500. The van der Waals surface area contributed by atoms with Crippen LogP contribution in [0.5, 0.6) is 0 Å². The highest BCUT2D eigenvalue weighted by Crippen LogP contribution is 2.22. The minimum Gasteiger partial charge on any atom is -0.444 e. The quantitative estimate of drug-likeness (QED) is 0.423. The average molecular weight is 561 g/mol. The molecule has 0 spiro atoms. The fourth-order valence-corrected chi connectivity index (χ4v) is 5.22. The van der Waals surface area contributed by atoms with Gasteiger partial charge in [-0.2, -0.15) is 5.10 Å². The number of carbonyl (C=O) groups is 2. The summed E-state index contributed by atoms with van der Waals surface area (Å²) in [5.74, 6) is -0.0990. The fourth-order valence-electron chi connectivity index (χ4n) is 5.22. The number of aromatic nitrogens is 3. The van der Waals surface area contributed by atoms with Gasteiger partial charge >= 0.3 is 6.09 Å². The van der Waals surface area contributed by atoms with E-state index in [1.807, 2.05) is 32.2 Å². The van der Waals surface area contributed by atoms with Crippen molar-refractivity contribution in [3.8, 4) is 0 Å². The van der Waals surface area contributed by atoms with E-state index < -0.39 is 17.7 Å². The highest BCUT2D eigenvalue weighted by atomic mass is 16.6. The van der Waals surface area contributed by atoms with Crippen molar-refractivity contribution in [1.82, 2.24) is 29.3 Å². The maximum atomic E-state index is 12.9. The molecule has 3 aromatic rings. The summed E-state index contributed by atoms with van der Waals surface area (Å²) in [5, 5.41) is 4.81. The summed E-state index contributed by atoms with van der Waals surface area (Å²) in [6.45, 7) is 14.0. The van der Waals surface area contributed by atoms with Gasteiger partial charge in [-0.3, -0.25) is 14.6 Å². The largest absolute Gasteiger partial charge is 0.444 e. The number of fused-ring (bicyclic) bond motifs is 1. The van der Waals surface area contributed by atoms with Crippen molar-refractivity contribution in [3.63, 3.8) is 0 Å². The summed E-state index contributed by atoms with van der Waals surface area (Å²) in [7, 11) is 3.44. The molecule has 1 fully saturated rings. The van der Waals surface area contributed by atoms with Crippen LogP contribution in [0.2, 0.25) is 0 Å². The second-order valence-corrected chi connectivity index (χ2v) is 12.1. The van der Waals surface area contributed by atoms with E-state index in [0.717, 1.165) is 41.1 Å². The van der Waals surface area contributed by atoms with Gasteiger partial charge in [0, 0.05) is 63.6 Å². The summed E-state index contributed by atoms with van der Waals surface area (Å²) in [4.78, 5) is 35.8. The third kappa shape index (κ3) is 7.33. The molecule has 0 N–H and O–H groups in total. The molecule has 4 rings (SSSR count). The number of amides is 2. The molecule has 1 atom stereocenters. The molecule has 1 aliphatic heterocycles. The molecule has 0 saturated carbocycles. The summed E-state index contributed by atoms with van der Waals surface area (Å²) in [6, 6.07) is 10.1. The molecule has 1 aliphatic rings. The molecule has 3 heterocycles. The summed E-state index contributed by atoms with van der Waals surface area (Å²) in [6.07, 6.45) is 5.43. The topological polar surface area (TPSA) is 83.3 Å². The second kappa shape index (κ2) is 12.4. The predicted octanol–water partition coefficient (Wildman–Crippen LogP) is 4.52. The normalized spacial score (nSPS) is 16.5. The summed E-state index contributed by atoms with van der Waals surface area (Å²) in [5.41, 5.74) is 7.04. The third-order valence-electron chi connectivity index (χ3n) is 7.26. The van der Waals surface area contributed by atoms with Gasteiger partial charge in [0.1, 0.15) is 11.6 Å². The first-order chi connectivity index (χ1) is 19.4. The Bertz CT molecular complexity index is 1420. The zero-order valence-electron chi connectivity index (χ0n) is 25.8. The Balaban J connectivity index is 1.40. The molecule has 0 radical (unpaired) electrons. The van der Waals surface area contributed by atoms with Gasteiger partial charge in [-0.1, -0.05) is 43.3 Å². The lowest BCUT2D eigenvalue weighted by atomic mass is 10.0. The van der Waals surface area contributed by atoms with Gasteiger partial charge in [0.15, 0.2) is 5.65 Å². The van der Waals surface area contributed by atoms with Gasteiger partial charge < -0.3 is 9.64 Å². The first-order valence-corrected chi connectivity index (χ1v) is 14.4. The predicted molar refractivity (Wildman–Crippen MR) is 162 cm³/mol. The highest BCUT2D eigenvalue weighted by molar-refractivity contribution is 5.86. The smallest absolute Gasteiger partial charge is 0.411 e. The van der Waals surface area contributed by atoms with Crippen LogP contribution in [0.15, 0.2) is 36.4 Å². The molecule has 2 amide bonds. The molecular weight excluding hydrogens is 516 g/mol. The van der Waals surface area contributed by atoms with Crippen molar-refractivity contribution >= 4 is 23.7 Å². The summed E-state index contributed by atoms with van der Waals surface area (Å²) < 4.78 is 7.53. The minimum atomic E-state index is -0.613. The third-order valence-corrected chi connectivity index (χ3v) is 7.26. The molecule has 0 bridgehead atoms. The van der Waals surface area contributed by atoms with E-state index in [9.17, 15) is 9.59 Å². The van der Waals surface area contributed by atoms with Crippen LogP contribution in [0, 0.1) is 13.8 Å². The first kappa shape index (κ1) is 30.2. The Labute approximate surface area is 243 Å². The molecule has 1 aromatic carbocycles. The first-order valence-electron chi connectivity index (χ1n) is 14.4. The maximum absolute atomic E-state index is 12.9. The molecule has 2 aromatic heterocycles. The van der Waals surface area contributed by atoms with Crippen LogP contribution < -0.4 is 0 Å². The number of likely N-dealkylation sites (N-methyl/N-ethyl adjacent to an activating group) is 1. The van der Waals surface area contributed by atoms with E-state index in [-0.39, 0.29) is 5.91 Å². The van der Waals surface area contributed by atoms with Crippen LogP contribution in [-0.4, -0.2) is 93.2 Å². The minimum absolute atomic E-state index is 0.0990. The Morgan fingerprint density at radius 1 is 1.12 bits per heavy atom. The van der Waals surface area contributed by atoms with Gasteiger partial charge in [-0.25, -0.2) is 14.3 Å². The number of rotatable bonds is 7. The Hall–Kier alpha value is -3.72. The lowest BCUT2D eigenvalue weighted by molar-refractivity contribution is -0.136. The van der Waals surface area contributed by atoms with Crippen LogP contribution in [0.3, 0.4) is 0 Å². The second-order valence-electron chi connectivity index (χ2n) is 12.1. The van der Waals surface area contributed by atoms with Gasteiger partial charge in [0.25, 0.3) is 0 Å². The summed E-state index contributed by atoms with van der Waals surface area (Å²) >= 11 is 0. The molecule has 220 valence electrons. The number of piperazine rings is 1. The Morgan fingerprint density at radius 3 is 2.46 bits per heavy atom. The van der Waals surface area contributed by atoms with E-state index in [1.54, 1.807) is 19.0 Å². The SMILES string of the molecule is CCc1nn2c(C)cc(C)nc2c1Cc1ccc(/C=C/CN2CCN(C(=O)OC(C)(C)C)[C@@H](C(=O)N(C)C)C2)cc1. The van der Waals surface area contributed by atoms with Gasteiger partial charge in [0.05, 0.1) is 5.69 Å². The number of hydrogen-bond donors (Lipinski definition) is 0. The number of ether oxygens (including phenoxy) is 1. The van der Waals surface area contributed by atoms with Crippen molar-refractivity contribution in [2.24, 2.45) is 0 Å². The van der Waals surface area contributed by atoms with Crippen molar-refractivity contribution in [3.05, 3.63) is 70.2 Å². The lowest BCUT2D eigenvalue weighted by Crippen LogP contribution is -2.60. The Kier molecular flexibility index (Phi) is 9.17. The van der Waals surface area contributed by atoms with Crippen molar-refractivity contribution in [1.29, 1.82) is 0 Å². The number of hydrogen-bond acceptors (Lipinski definition) is 6. The molecule has 0 unspecified atom stereocenters. The number of carbonyl (C=O) groups excluding carboxylic acids is 2. The van der Waals surface area contributed by atoms with Gasteiger partial charge in [-0.15, -0.1) is 0 Å². The molecule has 0 aliphatic carbocycles. The van der Waals surface area contributed by atoms with E-state index in [1.165, 1.54) is 16.0 Å². The average Bonchev–Trinajstić information content (AvgIpc) is 3.25. The van der Waals surface area contributed by atoms with E-state index >= 15 is 0 Å². The number of aryl methyl sites for hydroxylation is 3. The number of nitrogens with zero attached hydrogens (tertiary/aromatic N) is 6. The van der Waals surface area contributed by atoms with Gasteiger partial charge in [0.2, 0.25) is 5.91 Å². The monoisotopic (exact) mass is 560 g/mol. The zero-order chi connectivity index (χ0) is 29.9. The van der Waals surface area contributed by atoms with Gasteiger partial charge in [-0.05, 0) is 58.2 Å². The molecular formula is C32H44N6O3.